The Morgan fingerprint density at radius 3 is 2.44 bits per heavy atom. The number of carbonyl (C=O) groups is 1. The van der Waals surface area contributed by atoms with E-state index in [0.717, 1.165) is 12.0 Å². The molecule has 0 N–H and O–H groups in total. The molecule has 2 heteroatoms. The predicted octanol–water partition coefficient (Wildman–Crippen LogP) is 3.84. The van der Waals surface area contributed by atoms with Crippen LogP contribution in [-0.2, 0) is 20.5 Å². The van der Waals surface area contributed by atoms with Crippen LogP contribution in [0, 0.1) is 6.92 Å². The van der Waals surface area contributed by atoms with E-state index in [1.807, 2.05) is 6.92 Å². The number of hydrogen-bond donors (Lipinski definition) is 0. The highest BCUT2D eigenvalue weighted by Gasteiger charge is 2.38. The fourth-order valence-electron chi connectivity index (χ4n) is 2.54. The van der Waals surface area contributed by atoms with Gasteiger partial charge in [0.1, 0.15) is 5.60 Å². The first-order chi connectivity index (χ1) is 8.22. The van der Waals surface area contributed by atoms with Crippen LogP contribution in [0.15, 0.2) is 18.2 Å². The van der Waals surface area contributed by atoms with Gasteiger partial charge in [-0.05, 0) is 36.0 Å². The summed E-state index contributed by atoms with van der Waals surface area (Å²) in [5, 5.41) is 0. The van der Waals surface area contributed by atoms with Crippen LogP contribution in [0.3, 0.4) is 0 Å². The van der Waals surface area contributed by atoms with Crippen LogP contribution in [-0.4, -0.2) is 5.97 Å². The first-order valence-corrected chi connectivity index (χ1v) is 6.56. The van der Waals surface area contributed by atoms with Crippen LogP contribution in [0.25, 0.3) is 0 Å². The number of hydrogen-bond acceptors (Lipinski definition) is 2. The average Bonchev–Trinajstić information content (AvgIpc) is 2.58. The van der Waals surface area contributed by atoms with Gasteiger partial charge < -0.3 is 4.74 Å². The highest BCUT2D eigenvalue weighted by Crippen LogP contribution is 2.39. The molecule has 2 nitrogen and oxygen atoms in total. The smallest absolute Gasteiger partial charge is 0.306 e. The zero-order chi connectivity index (χ0) is 13.6. The highest BCUT2D eigenvalue weighted by molar-refractivity contribution is 5.72. The van der Waals surface area contributed by atoms with E-state index in [0.29, 0.717) is 6.42 Å². The molecule has 1 atom stereocenters. The van der Waals surface area contributed by atoms with Crippen molar-refractivity contribution >= 4 is 5.97 Å². The fraction of sp³-hybridized carbons (Fsp3) is 0.562. The molecule has 0 bridgehead atoms. The minimum Gasteiger partial charge on any atom is -0.454 e. The summed E-state index contributed by atoms with van der Waals surface area (Å²) in [7, 11) is 0. The van der Waals surface area contributed by atoms with Gasteiger partial charge in [-0.1, -0.05) is 39.0 Å². The van der Waals surface area contributed by atoms with E-state index in [4.69, 9.17) is 4.74 Å². The van der Waals surface area contributed by atoms with Crippen molar-refractivity contribution in [2.75, 3.05) is 0 Å². The van der Waals surface area contributed by atoms with Gasteiger partial charge in [-0.2, -0.15) is 0 Å². The minimum atomic E-state index is -0.442. The Morgan fingerprint density at radius 1 is 1.28 bits per heavy atom. The molecular weight excluding hydrogens is 224 g/mol. The van der Waals surface area contributed by atoms with Crippen molar-refractivity contribution < 1.29 is 9.53 Å². The van der Waals surface area contributed by atoms with Crippen molar-refractivity contribution in [1.29, 1.82) is 0 Å². The van der Waals surface area contributed by atoms with E-state index in [1.165, 1.54) is 11.1 Å². The molecule has 1 aliphatic rings. The highest BCUT2D eigenvalue weighted by atomic mass is 16.6. The molecule has 0 spiro atoms. The Labute approximate surface area is 109 Å². The van der Waals surface area contributed by atoms with Crippen LogP contribution < -0.4 is 0 Å². The van der Waals surface area contributed by atoms with E-state index in [1.54, 1.807) is 0 Å². The molecule has 0 radical (unpaired) electrons. The molecule has 2 rings (SSSR count). The van der Waals surface area contributed by atoms with Crippen LogP contribution in [0.4, 0.5) is 0 Å². The number of rotatable bonds is 1. The summed E-state index contributed by atoms with van der Waals surface area (Å²) < 4.78 is 5.54. The normalized spacial score (nSPS) is 24.2. The number of benzene rings is 1. The Kier molecular flexibility index (Phi) is 3.00. The zero-order valence-corrected chi connectivity index (χ0v) is 12.0. The van der Waals surface area contributed by atoms with Gasteiger partial charge in [-0.25, -0.2) is 0 Å². The number of aryl methyl sites for hydroxylation is 1. The maximum Gasteiger partial charge on any atom is 0.306 e. The fourth-order valence-corrected chi connectivity index (χ4v) is 2.54. The molecule has 18 heavy (non-hydrogen) atoms. The molecular formula is C16H22O2. The third-order valence-electron chi connectivity index (χ3n) is 3.82. The largest absolute Gasteiger partial charge is 0.454 e. The molecule has 1 aromatic rings. The SMILES string of the molecule is Cc1ccc(C(C)(C)C)cc1C1(C)CCC(=O)O1. The van der Waals surface area contributed by atoms with Gasteiger partial charge in [0.25, 0.3) is 0 Å². The minimum absolute atomic E-state index is 0.0851. The molecule has 0 amide bonds. The number of ether oxygens (including phenoxy) is 1. The van der Waals surface area contributed by atoms with Crippen LogP contribution in [0.2, 0.25) is 0 Å². The van der Waals surface area contributed by atoms with Crippen molar-refractivity contribution in [2.24, 2.45) is 0 Å². The van der Waals surface area contributed by atoms with Gasteiger partial charge in [-0.15, -0.1) is 0 Å². The molecule has 0 aliphatic carbocycles. The first kappa shape index (κ1) is 13.1. The summed E-state index contributed by atoms with van der Waals surface area (Å²) in [6, 6.07) is 6.50. The predicted molar refractivity (Wildman–Crippen MR) is 72.6 cm³/mol. The van der Waals surface area contributed by atoms with Gasteiger partial charge in [0.05, 0.1) is 0 Å². The Morgan fingerprint density at radius 2 is 1.94 bits per heavy atom. The van der Waals surface area contributed by atoms with Crippen LogP contribution in [0.5, 0.6) is 0 Å². The molecule has 1 aromatic carbocycles. The second kappa shape index (κ2) is 4.11. The molecule has 0 saturated carbocycles. The Bertz CT molecular complexity index is 482. The summed E-state index contributed by atoms with van der Waals surface area (Å²) in [4.78, 5) is 11.4. The third kappa shape index (κ3) is 2.29. The van der Waals surface area contributed by atoms with Crippen LogP contribution >= 0.6 is 0 Å². The lowest BCUT2D eigenvalue weighted by Gasteiger charge is -2.28. The standard InChI is InChI=1S/C16H22O2/c1-11-6-7-12(15(2,3)4)10-13(11)16(5)9-8-14(17)18-16/h6-7,10H,8-9H2,1-5H3. The van der Waals surface area contributed by atoms with Gasteiger partial charge in [-0.3, -0.25) is 4.79 Å². The summed E-state index contributed by atoms with van der Waals surface area (Å²) in [5.74, 6) is -0.0851. The molecule has 1 saturated heterocycles. The second-order valence-corrected chi connectivity index (χ2v) is 6.48. The van der Waals surface area contributed by atoms with Crippen molar-refractivity contribution in [1.82, 2.24) is 0 Å². The monoisotopic (exact) mass is 246 g/mol. The first-order valence-electron chi connectivity index (χ1n) is 6.56. The lowest BCUT2D eigenvalue weighted by molar-refractivity contribution is -0.147. The van der Waals surface area contributed by atoms with Crippen molar-refractivity contribution in [3.05, 3.63) is 34.9 Å². The van der Waals surface area contributed by atoms with Crippen LogP contribution in [0.1, 0.15) is 57.2 Å². The topological polar surface area (TPSA) is 26.3 Å². The third-order valence-corrected chi connectivity index (χ3v) is 3.82. The molecule has 1 unspecified atom stereocenters. The lowest BCUT2D eigenvalue weighted by atomic mass is 9.81. The molecule has 1 fully saturated rings. The van der Waals surface area contributed by atoms with E-state index < -0.39 is 5.60 Å². The Hall–Kier alpha value is -1.31. The van der Waals surface area contributed by atoms with Gasteiger partial charge in [0.2, 0.25) is 0 Å². The van der Waals surface area contributed by atoms with Gasteiger partial charge in [0, 0.05) is 12.8 Å². The molecule has 98 valence electrons. The molecule has 1 heterocycles. The quantitative estimate of drug-likeness (QED) is 0.704. The second-order valence-electron chi connectivity index (χ2n) is 6.48. The van der Waals surface area contributed by atoms with Crippen molar-refractivity contribution in [3.63, 3.8) is 0 Å². The van der Waals surface area contributed by atoms with Crippen molar-refractivity contribution in [3.8, 4) is 0 Å². The summed E-state index contributed by atoms with van der Waals surface area (Å²) >= 11 is 0. The van der Waals surface area contributed by atoms with E-state index in [2.05, 4.69) is 45.9 Å². The molecule has 1 aliphatic heterocycles. The van der Waals surface area contributed by atoms with Gasteiger partial charge in [0.15, 0.2) is 0 Å². The summed E-state index contributed by atoms with van der Waals surface area (Å²) in [6.07, 6.45) is 1.30. The van der Waals surface area contributed by atoms with E-state index in [-0.39, 0.29) is 11.4 Å². The maximum absolute atomic E-state index is 11.4. The summed E-state index contributed by atoms with van der Waals surface area (Å²) in [6.45, 7) is 10.7. The lowest BCUT2D eigenvalue weighted by Crippen LogP contribution is -2.23. The number of cyclic esters (lactones) is 1. The van der Waals surface area contributed by atoms with E-state index >= 15 is 0 Å². The van der Waals surface area contributed by atoms with Gasteiger partial charge >= 0.3 is 5.97 Å². The molecule has 0 aromatic heterocycles. The number of carbonyl (C=O) groups excluding carboxylic acids is 1. The number of esters is 1. The van der Waals surface area contributed by atoms with Crippen molar-refractivity contribution in [2.45, 2.75) is 58.5 Å². The maximum atomic E-state index is 11.4. The average molecular weight is 246 g/mol. The zero-order valence-electron chi connectivity index (χ0n) is 12.0. The summed E-state index contributed by atoms with van der Waals surface area (Å²) in [5.41, 5.74) is 3.30. The Balaban J connectivity index is 2.47. The van der Waals surface area contributed by atoms with E-state index in [9.17, 15) is 4.79 Å².